The quantitative estimate of drug-likeness (QED) is 0.134. The van der Waals surface area contributed by atoms with Crippen LogP contribution in [0.1, 0.15) is 24.5 Å². The van der Waals surface area contributed by atoms with E-state index in [9.17, 15) is 32.9 Å². The number of hydrogen-bond acceptors (Lipinski definition) is 6. The predicted molar refractivity (Wildman–Crippen MR) is 78.6 cm³/mol. The van der Waals surface area contributed by atoms with Crippen molar-refractivity contribution in [2.45, 2.75) is 19.5 Å². The van der Waals surface area contributed by atoms with Crippen LogP contribution in [0.4, 0.5) is 13.2 Å². The fraction of sp³-hybridized carbons (Fsp3) is 0.333. The molecule has 0 aliphatic rings. The molecule has 0 amide bonds. The largest absolute Gasteiger partial charge is 0.462 e. The maximum atomic E-state index is 12.7. The van der Waals surface area contributed by atoms with Crippen LogP contribution in [-0.4, -0.2) is 30.1 Å². The molecule has 0 heterocycles. The Labute approximate surface area is 140 Å². The topological polar surface area (TPSA) is 95.7 Å². The third-order valence-corrected chi connectivity index (χ3v) is 2.84. The highest BCUT2D eigenvalue weighted by Crippen LogP contribution is 2.30. The van der Waals surface area contributed by atoms with Gasteiger partial charge in [0.05, 0.1) is 18.8 Å². The second kappa shape index (κ2) is 8.81. The van der Waals surface area contributed by atoms with Gasteiger partial charge in [0.25, 0.3) is 5.09 Å². The summed E-state index contributed by atoms with van der Waals surface area (Å²) < 4.78 is 42.8. The van der Waals surface area contributed by atoms with Gasteiger partial charge in [0, 0.05) is 6.42 Å². The van der Waals surface area contributed by atoms with Gasteiger partial charge >= 0.3 is 12.1 Å². The highest BCUT2D eigenvalue weighted by molar-refractivity contribution is 6.19. The van der Waals surface area contributed by atoms with Crippen LogP contribution in [0.25, 0.3) is 6.08 Å². The minimum Gasteiger partial charge on any atom is -0.462 e. The standard InChI is InChI=1S/C15H14F3NO6/c1-10(20)13(14(21)24-6-3-7-25-19(22)23)9-11-4-2-5-12(8-11)15(16,17)18/h2,4-5,8-9H,3,6-7H2,1H3/b13-9+. The lowest BCUT2D eigenvalue weighted by molar-refractivity contribution is -0.757. The van der Waals surface area contributed by atoms with E-state index in [-0.39, 0.29) is 25.2 Å². The molecule has 0 radical (unpaired) electrons. The molecule has 0 aliphatic heterocycles. The van der Waals surface area contributed by atoms with Crippen LogP contribution in [0.5, 0.6) is 0 Å². The average Bonchev–Trinajstić information content (AvgIpc) is 2.51. The summed E-state index contributed by atoms with van der Waals surface area (Å²) in [6.07, 6.45) is -3.55. The van der Waals surface area contributed by atoms with E-state index in [0.29, 0.717) is 0 Å². The second-order valence-electron chi connectivity index (χ2n) is 4.78. The Morgan fingerprint density at radius 3 is 2.52 bits per heavy atom. The van der Waals surface area contributed by atoms with Crippen molar-refractivity contribution < 1.29 is 37.4 Å². The molecule has 0 unspecified atom stereocenters. The lowest BCUT2D eigenvalue weighted by Crippen LogP contribution is -2.15. The molecule has 0 saturated heterocycles. The summed E-state index contributed by atoms with van der Waals surface area (Å²) in [5, 5.41) is 8.93. The molecule has 10 heteroatoms. The van der Waals surface area contributed by atoms with Crippen molar-refractivity contribution in [1.82, 2.24) is 0 Å². The Hall–Kier alpha value is -2.91. The van der Waals surface area contributed by atoms with Gasteiger partial charge in [0.1, 0.15) is 5.57 Å². The van der Waals surface area contributed by atoms with Gasteiger partial charge < -0.3 is 9.57 Å². The average molecular weight is 361 g/mol. The van der Waals surface area contributed by atoms with Gasteiger partial charge in [-0.15, -0.1) is 10.1 Å². The van der Waals surface area contributed by atoms with E-state index in [0.717, 1.165) is 31.2 Å². The van der Waals surface area contributed by atoms with Crippen molar-refractivity contribution in [2.24, 2.45) is 0 Å². The molecule has 1 aromatic carbocycles. The number of benzene rings is 1. The third kappa shape index (κ3) is 7.02. The Kier molecular flexibility index (Phi) is 7.09. The second-order valence-corrected chi connectivity index (χ2v) is 4.78. The van der Waals surface area contributed by atoms with Crippen LogP contribution < -0.4 is 0 Å². The summed E-state index contributed by atoms with van der Waals surface area (Å²) in [6.45, 7) is 0.517. The molecule has 0 aliphatic carbocycles. The van der Waals surface area contributed by atoms with Gasteiger partial charge in [0.2, 0.25) is 0 Å². The fourth-order valence-electron chi connectivity index (χ4n) is 1.72. The minimum atomic E-state index is -4.56. The molecule has 0 fully saturated rings. The summed E-state index contributed by atoms with van der Waals surface area (Å²) in [5.74, 6) is -1.73. The number of carbonyl (C=O) groups excluding carboxylic acids is 2. The molecule has 0 aromatic heterocycles. The molecule has 0 atom stereocenters. The van der Waals surface area contributed by atoms with Crippen LogP contribution in [-0.2, 0) is 25.3 Å². The van der Waals surface area contributed by atoms with Crippen molar-refractivity contribution in [2.75, 3.05) is 13.2 Å². The van der Waals surface area contributed by atoms with Crippen molar-refractivity contribution in [3.05, 3.63) is 51.1 Å². The highest BCUT2D eigenvalue weighted by Gasteiger charge is 2.30. The summed E-state index contributed by atoms with van der Waals surface area (Å²) in [4.78, 5) is 37.4. The van der Waals surface area contributed by atoms with E-state index < -0.39 is 34.2 Å². The first-order chi connectivity index (χ1) is 11.6. The smallest absolute Gasteiger partial charge is 0.416 e. The van der Waals surface area contributed by atoms with Crippen molar-refractivity contribution >= 4 is 17.8 Å². The van der Waals surface area contributed by atoms with E-state index in [1.54, 1.807) is 0 Å². The molecule has 136 valence electrons. The SMILES string of the molecule is CC(=O)/C(=C\c1cccc(C(F)(F)F)c1)C(=O)OCCCO[N+](=O)[O-]. The molecular formula is C15H14F3NO6. The number of esters is 1. The number of alkyl halides is 3. The predicted octanol–water partition coefficient (Wildman–Crippen LogP) is 2.82. The lowest BCUT2D eigenvalue weighted by atomic mass is 10.1. The Morgan fingerprint density at radius 1 is 1.28 bits per heavy atom. The summed E-state index contributed by atoms with van der Waals surface area (Å²) >= 11 is 0. The third-order valence-electron chi connectivity index (χ3n) is 2.84. The molecule has 25 heavy (non-hydrogen) atoms. The number of ketones is 1. The van der Waals surface area contributed by atoms with Gasteiger partial charge in [-0.1, -0.05) is 12.1 Å². The first-order valence-corrected chi connectivity index (χ1v) is 6.95. The maximum absolute atomic E-state index is 12.7. The van der Waals surface area contributed by atoms with Crippen LogP contribution >= 0.6 is 0 Å². The first kappa shape index (κ1) is 20.1. The molecule has 0 saturated carbocycles. The van der Waals surface area contributed by atoms with E-state index in [1.165, 1.54) is 6.07 Å². The Bertz CT molecular complexity index is 684. The van der Waals surface area contributed by atoms with Crippen LogP contribution in [0.3, 0.4) is 0 Å². The van der Waals surface area contributed by atoms with Gasteiger partial charge in [0.15, 0.2) is 5.78 Å². The van der Waals surface area contributed by atoms with Crippen molar-refractivity contribution in [3.63, 3.8) is 0 Å². The molecule has 0 bridgehead atoms. The van der Waals surface area contributed by atoms with Crippen molar-refractivity contribution in [1.29, 1.82) is 0 Å². The van der Waals surface area contributed by atoms with Gasteiger partial charge in [-0.2, -0.15) is 13.2 Å². The molecular weight excluding hydrogens is 347 g/mol. The van der Waals surface area contributed by atoms with E-state index in [1.807, 2.05) is 0 Å². The lowest BCUT2D eigenvalue weighted by Gasteiger charge is -2.08. The number of hydrogen-bond donors (Lipinski definition) is 0. The normalized spacial score (nSPS) is 11.8. The molecule has 1 aromatic rings. The monoisotopic (exact) mass is 361 g/mol. The summed E-state index contributed by atoms with van der Waals surface area (Å²) in [5.41, 5.74) is -1.35. The van der Waals surface area contributed by atoms with E-state index in [4.69, 9.17) is 4.74 Å². The maximum Gasteiger partial charge on any atom is 0.416 e. The van der Waals surface area contributed by atoms with Crippen LogP contribution in [0.15, 0.2) is 29.8 Å². The zero-order valence-corrected chi connectivity index (χ0v) is 13.0. The van der Waals surface area contributed by atoms with Gasteiger partial charge in [-0.05, 0) is 30.7 Å². The van der Waals surface area contributed by atoms with Gasteiger partial charge in [-0.3, -0.25) is 4.79 Å². The molecule has 7 nitrogen and oxygen atoms in total. The molecule has 0 spiro atoms. The fourth-order valence-corrected chi connectivity index (χ4v) is 1.72. The number of ether oxygens (including phenoxy) is 1. The van der Waals surface area contributed by atoms with Crippen LogP contribution in [0, 0.1) is 10.1 Å². The number of rotatable bonds is 8. The summed E-state index contributed by atoms with van der Waals surface area (Å²) in [7, 11) is 0. The zero-order chi connectivity index (χ0) is 19.0. The van der Waals surface area contributed by atoms with Crippen LogP contribution in [0.2, 0.25) is 0 Å². The zero-order valence-electron chi connectivity index (χ0n) is 13.0. The minimum absolute atomic E-state index is 0.00802. The Morgan fingerprint density at radius 2 is 1.96 bits per heavy atom. The van der Waals surface area contributed by atoms with E-state index in [2.05, 4.69) is 4.84 Å². The van der Waals surface area contributed by atoms with Gasteiger partial charge in [-0.25, -0.2) is 4.79 Å². The van der Waals surface area contributed by atoms with E-state index >= 15 is 0 Å². The molecule has 1 rings (SSSR count). The number of carbonyl (C=O) groups is 2. The number of Topliss-reactive ketones (excluding diaryl/α,β-unsaturated/α-hetero) is 1. The number of halogens is 3. The summed E-state index contributed by atoms with van der Waals surface area (Å²) in [6, 6.07) is 4.10. The highest BCUT2D eigenvalue weighted by atomic mass is 19.4. The van der Waals surface area contributed by atoms with Crippen molar-refractivity contribution in [3.8, 4) is 0 Å². The number of nitrogens with zero attached hydrogens (tertiary/aromatic N) is 1. The first-order valence-electron chi connectivity index (χ1n) is 6.95. The molecule has 0 N–H and O–H groups in total. The Balaban J connectivity index is 2.82.